The summed E-state index contributed by atoms with van der Waals surface area (Å²) < 4.78 is 15.7. The number of aromatic nitrogens is 1. The zero-order chi connectivity index (χ0) is 15.8. The number of rotatable bonds is 9. The normalized spacial score (nSPS) is 10.8. The molecule has 0 fully saturated rings. The molecule has 2 aromatic heterocycles. The minimum atomic E-state index is -0.0939. The van der Waals surface area contributed by atoms with Crippen molar-refractivity contribution in [3.05, 3.63) is 28.3 Å². The second-order valence-electron chi connectivity index (χ2n) is 4.67. The summed E-state index contributed by atoms with van der Waals surface area (Å²) in [5, 5.41) is 6.72. The highest BCUT2D eigenvalue weighted by Crippen LogP contribution is 2.23. The van der Waals surface area contributed by atoms with Gasteiger partial charge >= 0.3 is 0 Å². The lowest BCUT2D eigenvalue weighted by Crippen LogP contribution is -2.29. The molecule has 2 rings (SSSR count). The van der Waals surface area contributed by atoms with Gasteiger partial charge in [-0.1, -0.05) is 0 Å². The SMILES string of the molecule is COCCOCCNC(=O)Cc1nc(-c2ccsc2)oc1C. The Labute approximate surface area is 133 Å². The third-order valence-corrected chi connectivity index (χ3v) is 3.67. The number of nitrogens with one attached hydrogen (secondary N) is 1. The van der Waals surface area contributed by atoms with Gasteiger partial charge in [-0.2, -0.15) is 11.3 Å². The second kappa shape index (κ2) is 8.67. The summed E-state index contributed by atoms with van der Waals surface area (Å²) in [4.78, 5) is 16.3. The summed E-state index contributed by atoms with van der Waals surface area (Å²) >= 11 is 1.58. The fourth-order valence-corrected chi connectivity index (χ4v) is 2.45. The minimum absolute atomic E-state index is 0.0939. The molecule has 0 aliphatic heterocycles. The number of hydrogen-bond donors (Lipinski definition) is 1. The van der Waals surface area contributed by atoms with Crippen LogP contribution in [0.15, 0.2) is 21.2 Å². The van der Waals surface area contributed by atoms with Crippen LogP contribution in [-0.4, -0.2) is 44.4 Å². The summed E-state index contributed by atoms with van der Waals surface area (Å²) in [7, 11) is 1.62. The van der Waals surface area contributed by atoms with Gasteiger partial charge in [0.15, 0.2) is 0 Å². The van der Waals surface area contributed by atoms with Crippen molar-refractivity contribution in [2.75, 3.05) is 33.5 Å². The average molecular weight is 324 g/mol. The van der Waals surface area contributed by atoms with Gasteiger partial charge in [-0.3, -0.25) is 4.79 Å². The lowest BCUT2D eigenvalue weighted by Gasteiger charge is -2.05. The van der Waals surface area contributed by atoms with Crippen molar-refractivity contribution in [2.24, 2.45) is 0 Å². The first-order valence-electron chi connectivity index (χ1n) is 7.03. The van der Waals surface area contributed by atoms with Gasteiger partial charge in [0.2, 0.25) is 11.8 Å². The molecule has 120 valence electrons. The van der Waals surface area contributed by atoms with E-state index in [0.29, 0.717) is 43.7 Å². The Balaban J connectivity index is 1.77. The summed E-state index contributed by atoms with van der Waals surface area (Å²) in [5.74, 6) is 1.14. The van der Waals surface area contributed by atoms with Crippen LogP contribution >= 0.6 is 11.3 Å². The molecule has 0 unspecified atom stereocenters. The summed E-state index contributed by atoms with van der Waals surface area (Å²) in [6.45, 7) is 3.83. The molecular formula is C15H20N2O4S. The topological polar surface area (TPSA) is 73.6 Å². The van der Waals surface area contributed by atoms with Crippen molar-refractivity contribution < 1.29 is 18.7 Å². The van der Waals surface area contributed by atoms with Crippen LogP contribution < -0.4 is 5.32 Å². The number of carbonyl (C=O) groups is 1. The molecule has 0 aliphatic carbocycles. The maximum atomic E-state index is 11.9. The fourth-order valence-electron chi connectivity index (χ4n) is 1.82. The molecule has 2 heterocycles. The zero-order valence-electron chi connectivity index (χ0n) is 12.8. The highest BCUT2D eigenvalue weighted by atomic mass is 32.1. The summed E-state index contributed by atoms with van der Waals surface area (Å²) in [6.07, 6.45) is 0.206. The Kier molecular flexibility index (Phi) is 6.57. The smallest absolute Gasteiger partial charge is 0.227 e. The fraction of sp³-hybridized carbons (Fsp3) is 0.467. The van der Waals surface area contributed by atoms with Gasteiger partial charge in [0, 0.05) is 24.6 Å². The lowest BCUT2D eigenvalue weighted by molar-refractivity contribution is -0.120. The van der Waals surface area contributed by atoms with E-state index in [4.69, 9.17) is 13.9 Å². The first kappa shape index (κ1) is 16.7. The Hall–Kier alpha value is -1.70. The number of nitrogens with zero attached hydrogens (tertiary/aromatic N) is 1. The molecule has 0 spiro atoms. The number of oxazole rings is 1. The quantitative estimate of drug-likeness (QED) is 0.715. The molecule has 0 atom stereocenters. The van der Waals surface area contributed by atoms with Crippen molar-refractivity contribution in [3.8, 4) is 11.5 Å². The number of aryl methyl sites for hydroxylation is 1. The van der Waals surface area contributed by atoms with Crippen molar-refractivity contribution >= 4 is 17.2 Å². The molecule has 0 bridgehead atoms. The first-order valence-corrected chi connectivity index (χ1v) is 7.97. The van der Waals surface area contributed by atoms with E-state index < -0.39 is 0 Å². The van der Waals surface area contributed by atoms with Crippen molar-refractivity contribution in [2.45, 2.75) is 13.3 Å². The summed E-state index contributed by atoms with van der Waals surface area (Å²) in [5.41, 5.74) is 1.60. The predicted octanol–water partition coefficient (Wildman–Crippen LogP) is 2.03. The Bertz CT molecular complexity index is 580. The highest BCUT2D eigenvalue weighted by molar-refractivity contribution is 7.08. The number of carbonyl (C=O) groups excluding carboxylic acids is 1. The van der Waals surface area contributed by atoms with Crippen LogP contribution in [0.2, 0.25) is 0 Å². The standard InChI is InChI=1S/C15H20N2O4S/c1-11-13(17-15(21-11)12-3-8-22-10-12)9-14(18)16-4-5-20-7-6-19-2/h3,8,10H,4-7,9H2,1-2H3,(H,16,18). The van der Waals surface area contributed by atoms with Gasteiger partial charge in [-0.15, -0.1) is 0 Å². The zero-order valence-corrected chi connectivity index (χ0v) is 13.6. The van der Waals surface area contributed by atoms with Gasteiger partial charge in [-0.25, -0.2) is 4.98 Å². The third-order valence-electron chi connectivity index (χ3n) is 2.99. The molecule has 6 nitrogen and oxygen atoms in total. The highest BCUT2D eigenvalue weighted by Gasteiger charge is 2.14. The van der Waals surface area contributed by atoms with E-state index in [2.05, 4.69) is 10.3 Å². The van der Waals surface area contributed by atoms with E-state index in [1.165, 1.54) is 0 Å². The summed E-state index contributed by atoms with van der Waals surface area (Å²) in [6, 6.07) is 1.94. The van der Waals surface area contributed by atoms with Crippen LogP contribution in [0.25, 0.3) is 11.5 Å². The second-order valence-corrected chi connectivity index (χ2v) is 5.45. The van der Waals surface area contributed by atoms with Crippen LogP contribution in [0.4, 0.5) is 0 Å². The predicted molar refractivity (Wildman–Crippen MR) is 84.0 cm³/mol. The van der Waals surface area contributed by atoms with Crippen LogP contribution in [0.1, 0.15) is 11.5 Å². The van der Waals surface area contributed by atoms with Crippen molar-refractivity contribution in [1.29, 1.82) is 0 Å². The monoisotopic (exact) mass is 324 g/mol. The molecule has 0 radical (unpaired) electrons. The maximum absolute atomic E-state index is 11.9. The Morgan fingerprint density at radius 2 is 2.27 bits per heavy atom. The van der Waals surface area contributed by atoms with E-state index >= 15 is 0 Å². The molecule has 1 N–H and O–H groups in total. The van der Waals surface area contributed by atoms with E-state index in [1.807, 2.05) is 23.8 Å². The Morgan fingerprint density at radius 1 is 1.41 bits per heavy atom. The lowest BCUT2D eigenvalue weighted by atomic mass is 10.2. The molecule has 0 aromatic carbocycles. The van der Waals surface area contributed by atoms with E-state index in [1.54, 1.807) is 18.4 Å². The molecule has 1 amide bonds. The van der Waals surface area contributed by atoms with Gasteiger partial charge in [-0.05, 0) is 18.4 Å². The first-order chi connectivity index (χ1) is 10.7. The number of amides is 1. The van der Waals surface area contributed by atoms with Gasteiger partial charge < -0.3 is 19.2 Å². The van der Waals surface area contributed by atoms with Crippen LogP contribution in [0.5, 0.6) is 0 Å². The van der Waals surface area contributed by atoms with Gasteiger partial charge in [0.25, 0.3) is 0 Å². The van der Waals surface area contributed by atoms with E-state index in [0.717, 1.165) is 5.56 Å². The van der Waals surface area contributed by atoms with E-state index in [9.17, 15) is 4.79 Å². The molecule has 0 saturated carbocycles. The molecule has 0 saturated heterocycles. The van der Waals surface area contributed by atoms with E-state index in [-0.39, 0.29) is 12.3 Å². The Morgan fingerprint density at radius 3 is 3.00 bits per heavy atom. The number of methoxy groups -OCH3 is 1. The van der Waals surface area contributed by atoms with Gasteiger partial charge in [0.1, 0.15) is 5.76 Å². The number of ether oxygens (including phenoxy) is 2. The van der Waals surface area contributed by atoms with Crippen LogP contribution in [-0.2, 0) is 20.7 Å². The van der Waals surface area contributed by atoms with Crippen LogP contribution in [0.3, 0.4) is 0 Å². The molecule has 0 aliphatic rings. The number of hydrogen-bond acceptors (Lipinski definition) is 6. The maximum Gasteiger partial charge on any atom is 0.227 e. The van der Waals surface area contributed by atoms with Crippen LogP contribution in [0, 0.1) is 6.92 Å². The van der Waals surface area contributed by atoms with Gasteiger partial charge in [0.05, 0.1) is 31.9 Å². The average Bonchev–Trinajstić information content (AvgIpc) is 3.13. The van der Waals surface area contributed by atoms with Crippen molar-refractivity contribution in [1.82, 2.24) is 10.3 Å². The molecular weight excluding hydrogens is 304 g/mol. The molecule has 2 aromatic rings. The third kappa shape index (κ3) is 4.94. The molecule has 22 heavy (non-hydrogen) atoms. The number of thiophene rings is 1. The largest absolute Gasteiger partial charge is 0.441 e. The van der Waals surface area contributed by atoms with Crippen molar-refractivity contribution in [3.63, 3.8) is 0 Å². The minimum Gasteiger partial charge on any atom is -0.441 e. The molecule has 7 heteroatoms.